The van der Waals surface area contributed by atoms with Gasteiger partial charge in [0, 0.05) is 18.1 Å². The smallest absolute Gasteiger partial charge is 0.357 e. The highest BCUT2D eigenvalue weighted by atomic mass is 79.9. The number of carbonyl (C=O) groups is 2. The maximum absolute atomic E-state index is 13.7. The fourth-order valence-electron chi connectivity index (χ4n) is 3.83. The molecule has 39 heavy (non-hydrogen) atoms. The first-order chi connectivity index (χ1) is 18.2. The molecule has 0 spiro atoms. The number of benzene rings is 3. The summed E-state index contributed by atoms with van der Waals surface area (Å²) in [6.45, 7) is 2.35. The number of hydrogen-bond donors (Lipinski definition) is 1. The van der Waals surface area contributed by atoms with Crippen LogP contribution in [0.3, 0.4) is 0 Å². The largest absolute Gasteiger partial charge is 0.416 e. The maximum Gasteiger partial charge on any atom is 0.416 e. The number of nitrogens with one attached hydrogen (secondary N) is 1. The average molecular weight is 626 g/mol. The number of amides is 2. The molecule has 0 radical (unpaired) electrons. The van der Waals surface area contributed by atoms with Crippen molar-refractivity contribution in [1.82, 2.24) is 10.2 Å². The van der Waals surface area contributed by atoms with E-state index in [0.29, 0.717) is 15.9 Å². The van der Waals surface area contributed by atoms with Crippen molar-refractivity contribution in [3.63, 3.8) is 0 Å². The highest BCUT2D eigenvalue weighted by Crippen LogP contribution is 2.33. The highest BCUT2D eigenvalue weighted by molar-refractivity contribution is 9.10. The Kier molecular flexibility index (Phi) is 9.44. The lowest BCUT2D eigenvalue weighted by atomic mass is 10.1. The van der Waals surface area contributed by atoms with Gasteiger partial charge in [0.2, 0.25) is 11.8 Å². The normalized spacial score (nSPS) is 12.5. The summed E-state index contributed by atoms with van der Waals surface area (Å²) < 4.78 is 69.3. The zero-order valence-corrected chi connectivity index (χ0v) is 23.8. The summed E-state index contributed by atoms with van der Waals surface area (Å²) in [4.78, 5) is 27.2. The predicted octanol–water partition coefficient (Wildman–Crippen LogP) is 5.13. The van der Waals surface area contributed by atoms with Gasteiger partial charge in [0.15, 0.2) is 0 Å². The van der Waals surface area contributed by atoms with E-state index in [4.69, 9.17) is 0 Å². The molecule has 12 heteroatoms. The van der Waals surface area contributed by atoms with Crippen LogP contribution in [0.5, 0.6) is 0 Å². The topological polar surface area (TPSA) is 86.8 Å². The minimum absolute atomic E-state index is 0.0477. The number of alkyl halides is 3. The van der Waals surface area contributed by atoms with Crippen LogP contribution in [0.15, 0.2) is 82.2 Å². The fraction of sp³-hybridized carbons (Fsp3) is 0.259. The van der Waals surface area contributed by atoms with Gasteiger partial charge in [-0.15, -0.1) is 0 Å². The molecule has 0 aliphatic heterocycles. The Morgan fingerprint density at radius 1 is 1.00 bits per heavy atom. The summed E-state index contributed by atoms with van der Waals surface area (Å²) in [5, 5.41) is 2.47. The van der Waals surface area contributed by atoms with E-state index in [9.17, 15) is 31.2 Å². The van der Waals surface area contributed by atoms with Gasteiger partial charge in [-0.1, -0.05) is 51.8 Å². The first-order valence-corrected chi connectivity index (χ1v) is 14.0. The third kappa shape index (κ3) is 7.39. The molecule has 3 aromatic rings. The van der Waals surface area contributed by atoms with Crippen molar-refractivity contribution in [3.05, 3.63) is 94.0 Å². The lowest BCUT2D eigenvalue weighted by Gasteiger charge is -2.32. The molecule has 3 rings (SSSR count). The number of nitrogens with zero attached hydrogens (tertiary/aromatic N) is 2. The highest BCUT2D eigenvalue weighted by Gasteiger charge is 2.35. The maximum atomic E-state index is 13.7. The molecule has 1 N–H and O–H groups in total. The Labute approximate surface area is 233 Å². The van der Waals surface area contributed by atoms with Gasteiger partial charge in [-0.3, -0.25) is 13.9 Å². The summed E-state index contributed by atoms with van der Waals surface area (Å²) in [6, 6.07) is 15.5. The molecule has 208 valence electrons. The molecule has 3 aromatic carbocycles. The third-order valence-corrected chi connectivity index (χ3v) is 8.29. The number of hydrogen-bond acceptors (Lipinski definition) is 4. The van der Waals surface area contributed by atoms with Crippen molar-refractivity contribution in [2.45, 2.75) is 37.5 Å². The monoisotopic (exact) mass is 625 g/mol. The number of likely N-dealkylation sites (N-methyl/N-ethyl adjacent to an activating group) is 1. The number of rotatable bonds is 9. The summed E-state index contributed by atoms with van der Waals surface area (Å²) in [5.74, 6) is -1.27. The van der Waals surface area contributed by atoms with E-state index in [1.807, 2.05) is 0 Å². The lowest BCUT2D eigenvalue weighted by molar-refractivity contribution is -0.139. The van der Waals surface area contributed by atoms with Crippen molar-refractivity contribution >= 4 is 43.5 Å². The average Bonchev–Trinajstić information content (AvgIpc) is 2.89. The molecule has 1 atom stereocenters. The summed E-state index contributed by atoms with van der Waals surface area (Å²) >= 11 is 3.36. The zero-order chi connectivity index (χ0) is 29.0. The van der Waals surface area contributed by atoms with Crippen LogP contribution in [0.2, 0.25) is 0 Å². The molecule has 0 aliphatic carbocycles. The first kappa shape index (κ1) is 30.2. The van der Waals surface area contributed by atoms with E-state index in [1.165, 1.54) is 37.1 Å². The van der Waals surface area contributed by atoms with Crippen LogP contribution >= 0.6 is 15.9 Å². The van der Waals surface area contributed by atoms with Crippen molar-refractivity contribution < 1.29 is 31.2 Å². The minimum Gasteiger partial charge on any atom is -0.357 e. The Balaban J connectivity index is 2.10. The van der Waals surface area contributed by atoms with Gasteiger partial charge in [0.1, 0.15) is 12.6 Å². The summed E-state index contributed by atoms with van der Waals surface area (Å²) in [7, 11) is -3.08. The Morgan fingerprint density at radius 3 is 2.23 bits per heavy atom. The second-order valence-corrected chi connectivity index (χ2v) is 11.6. The van der Waals surface area contributed by atoms with Crippen molar-refractivity contribution in [1.29, 1.82) is 0 Å². The predicted molar refractivity (Wildman–Crippen MR) is 145 cm³/mol. The molecule has 7 nitrogen and oxygen atoms in total. The van der Waals surface area contributed by atoms with Crippen molar-refractivity contribution in [2.75, 3.05) is 17.9 Å². The Hall–Kier alpha value is -3.38. The fourth-order valence-corrected chi connectivity index (χ4v) is 5.68. The second-order valence-electron chi connectivity index (χ2n) is 8.81. The van der Waals surface area contributed by atoms with Crippen LogP contribution in [-0.4, -0.2) is 44.8 Å². The number of aryl methyl sites for hydroxylation is 1. The number of halogens is 4. The van der Waals surface area contributed by atoms with Crippen LogP contribution in [-0.2, 0) is 32.3 Å². The summed E-state index contributed by atoms with van der Waals surface area (Å²) in [6.07, 6.45) is -4.74. The quantitative estimate of drug-likeness (QED) is 0.357. The molecule has 0 saturated carbocycles. The van der Waals surface area contributed by atoms with Gasteiger partial charge in [0.05, 0.1) is 16.1 Å². The molecule has 0 fully saturated rings. The van der Waals surface area contributed by atoms with Crippen LogP contribution < -0.4 is 9.62 Å². The van der Waals surface area contributed by atoms with Gasteiger partial charge in [0.25, 0.3) is 10.0 Å². The Bertz CT molecular complexity index is 1450. The molecular weight excluding hydrogens is 599 g/mol. The van der Waals surface area contributed by atoms with Gasteiger partial charge in [-0.25, -0.2) is 8.42 Å². The molecule has 0 aromatic heterocycles. The van der Waals surface area contributed by atoms with Crippen LogP contribution in [0, 0.1) is 6.92 Å². The first-order valence-electron chi connectivity index (χ1n) is 11.8. The molecule has 0 bridgehead atoms. The van der Waals surface area contributed by atoms with Crippen LogP contribution in [0.4, 0.5) is 18.9 Å². The molecule has 2 amide bonds. The SMILES string of the molecule is CNC(=O)C(C)N(Cc1cccc(Br)c1)C(=O)CN(c1cccc(C(F)(F)F)c1)S(=O)(=O)c1ccc(C)cc1. The van der Waals surface area contributed by atoms with E-state index >= 15 is 0 Å². The molecule has 0 saturated heterocycles. The van der Waals surface area contributed by atoms with Gasteiger partial charge in [-0.2, -0.15) is 13.2 Å². The Morgan fingerprint density at radius 2 is 1.64 bits per heavy atom. The third-order valence-electron chi connectivity index (χ3n) is 6.00. The van der Waals surface area contributed by atoms with Crippen molar-refractivity contribution in [3.8, 4) is 0 Å². The molecule has 0 aliphatic rings. The second kappa shape index (κ2) is 12.2. The van der Waals surface area contributed by atoms with Gasteiger partial charge in [-0.05, 0) is 61.9 Å². The van der Waals surface area contributed by atoms with E-state index in [1.54, 1.807) is 43.3 Å². The number of sulfonamides is 1. The van der Waals surface area contributed by atoms with E-state index < -0.39 is 46.2 Å². The van der Waals surface area contributed by atoms with Crippen LogP contribution in [0.1, 0.15) is 23.6 Å². The molecular formula is C27H27BrF3N3O4S. The molecule has 0 heterocycles. The van der Waals surface area contributed by atoms with E-state index in [2.05, 4.69) is 21.2 Å². The number of carbonyl (C=O) groups excluding carboxylic acids is 2. The molecule has 1 unspecified atom stereocenters. The van der Waals surface area contributed by atoms with Crippen LogP contribution in [0.25, 0.3) is 0 Å². The zero-order valence-electron chi connectivity index (χ0n) is 21.4. The lowest BCUT2D eigenvalue weighted by Crippen LogP contribution is -2.50. The minimum atomic E-state index is -4.74. The van der Waals surface area contributed by atoms with Gasteiger partial charge < -0.3 is 10.2 Å². The number of anilines is 1. The summed E-state index contributed by atoms with van der Waals surface area (Å²) in [5.41, 5.74) is 0.0192. The van der Waals surface area contributed by atoms with Gasteiger partial charge >= 0.3 is 6.18 Å². The van der Waals surface area contributed by atoms with E-state index in [-0.39, 0.29) is 17.1 Å². The standard InChI is InChI=1S/C27H27BrF3N3O4S/c1-18-10-12-24(13-11-18)39(37,38)34(23-9-5-7-21(15-23)27(29,30)31)17-25(35)33(19(2)26(36)32-3)16-20-6-4-8-22(28)14-20/h4-15,19H,16-17H2,1-3H3,(H,32,36). The van der Waals surface area contributed by atoms with Crippen molar-refractivity contribution in [2.24, 2.45) is 0 Å². The van der Waals surface area contributed by atoms with E-state index in [0.717, 1.165) is 22.2 Å².